The SMILES string of the molecule is COC(=O)[C@H](CCCCNC(=O)c1cccc(O)c1O)NC(=O)c1ccccc1. The van der Waals surface area contributed by atoms with Crippen molar-refractivity contribution in [3.63, 3.8) is 0 Å². The summed E-state index contributed by atoms with van der Waals surface area (Å²) in [6, 6.07) is 11.9. The first-order valence-electron chi connectivity index (χ1n) is 9.17. The van der Waals surface area contributed by atoms with Crippen LogP contribution in [0.2, 0.25) is 0 Å². The van der Waals surface area contributed by atoms with Crippen LogP contribution in [-0.4, -0.2) is 47.7 Å². The van der Waals surface area contributed by atoms with Gasteiger partial charge in [-0.2, -0.15) is 0 Å². The van der Waals surface area contributed by atoms with Crippen LogP contribution in [0, 0.1) is 0 Å². The van der Waals surface area contributed by atoms with Gasteiger partial charge in [0.1, 0.15) is 6.04 Å². The number of amides is 2. The Balaban J connectivity index is 1.81. The van der Waals surface area contributed by atoms with E-state index < -0.39 is 23.7 Å². The zero-order valence-corrected chi connectivity index (χ0v) is 16.1. The second-order valence-electron chi connectivity index (χ2n) is 6.34. The number of rotatable bonds is 9. The van der Waals surface area contributed by atoms with Gasteiger partial charge < -0.3 is 25.6 Å². The van der Waals surface area contributed by atoms with E-state index in [1.807, 2.05) is 0 Å². The summed E-state index contributed by atoms with van der Waals surface area (Å²) in [5, 5.41) is 24.4. The molecule has 2 aromatic rings. The molecule has 0 aliphatic rings. The quantitative estimate of drug-likeness (QED) is 0.290. The van der Waals surface area contributed by atoms with Crippen molar-refractivity contribution < 1.29 is 29.3 Å². The van der Waals surface area contributed by atoms with Crippen LogP contribution in [0.4, 0.5) is 0 Å². The molecule has 0 bridgehead atoms. The predicted octanol–water partition coefficient (Wildman–Crippen LogP) is 1.97. The largest absolute Gasteiger partial charge is 0.504 e. The first-order valence-corrected chi connectivity index (χ1v) is 9.17. The monoisotopic (exact) mass is 400 g/mol. The maximum atomic E-state index is 12.2. The van der Waals surface area contributed by atoms with E-state index in [9.17, 15) is 24.6 Å². The number of methoxy groups -OCH3 is 1. The number of nitrogens with one attached hydrogen (secondary N) is 2. The Bertz CT molecular complexity index is 854. The van der Waals surface area contributed by atoms with Crippen LogP contribution in [0.3, 0.4) is 0 Å². The number of para-hydroxylation sites is 1. The van der Waals surface area contributed by atoms with Crippen LogP contribution in [-0.2, 0) is 9.53 Å². The van der Waals surface area contributed by atoms with Crippen molar-refractivity contribution in [2.45, 2.75) is 25.3 Å². The van der Waals surface area contributed by atoms with Crippen LogP contribution in [0.25, 0.3) is 0 Å². The number of unbranched alkanes of at least 4 members (excludes halogenated alkanes) is 1. The third-order valence-corrected chi connectivity index (χ3v) is 4.29. The molecule has 0 spiro atoms. The zero-order chi connectivity index (χ0) is 21.2. The lowest BCUT2D eigenvalue weighted by Crippen LogP contribution is -2.41. The topological polar surface area (TPSA) is 125 Å². The second kappa shape index (κ2) is 10.7. The van der Waals surface area contributed by atoms with Crippen LogP contribution < -0.4 is 10.6 Å². The summed E-state index contributed by atoms with van der Waals surface area (Å²) < 4.78 is 4.75. The molecule has 2 aromatic carbocycles. The fourth-order valence-corrected chi connectivity index (χ4v) is 2.71. The summed E-state index contributed by atoms with van der Waals surface area (Å²) >= 11 is 0. The van der Waals surface area contributed by atoms with Crippen LogP contribution in [0.5, 0.6) is 11.5 Å². The molecular formula is C21H24N2O6. The van der Waals surface area contributed by atoms with Gasteiger partial charge in [-0.3, -0.25) is 9.59 Å². The van der Waals surface area contributed by atoms with E-state index in [0.717, 1.165) is 0 Å². The number of hydrogen-bond acceptors (Lipinski definition) is 6. The van der Waals surface area contributed by atoms with Crippen molar-refractivity contribution in [1.29, 1.82) is 0 Å². The van der Waals surface area contributed by atoms with Gasteiger partial charge in [-0.15, -0.1) is 0 Å². The maximum absolute atomic E-state index is 12.2. The summed E-state index contributed by atoms with van der Waals surface area (Å²) in [6.45, 7) is 0.300. The van der Waals surface area contributed by atoms with Crippen molar-refractivity contribution in [3.8, 4) is 11.5 Å². The highest BCUT2D eigenvalue weighted by Gasteiger charge is 2.21. The molecule has 8 nitrogen and oxygen atoms in total. The van der Waals surface area contributed by atoms with E-state index in [2.05, 4.69) is 10.6 Å². The van der Waals surface area contributed by atoms with Gasteiger partial charge in [-0.25, -0.2) is 4.79 Å². The lowest BCUT2D eigenvalue weighted by Gasteiger charge is -2.16. The molecule has 0 radical (unpaired) electrons. The molecule has 2 amide bonds. The summed E-state index contributed by atoms with van der Waals surface area (Å²) in [6.07, 6.45) is 1.43. The molecule has 0 saturated carbocycles. The third kappa shape index (κ3) is 6.24. The Hall–Kier alpha value is -3.55. The van der Waals surface area contributed by atoms with Crippen molar-refractivity contribution in [3.05, 3.63) is 59.7 Å². The van der Waals surface area contributed by atoms with Gasteiger partial charge >= 0.3 is 5.97 Å². The summed E-state index contributed by atoms with van der Waals surface area (Å²) in [7, 11) is 1.26. The van der Waals surface area contributed by atoms with Gasteiger partial charge in [0.25, 0.3) is 11.8 Å². The van der Waals surface area contributed by atoms with Crippen molar-refractivity contribution >= 4 is 17.8 Å². The van der Waals surface area contributed by atoms with Gasteiger partial charge in [0.2, 0.25) is 0 Å². The van der Waals surface area contributed by atoms with Crippen molar-refractivity contribution in [1.82, 2.24) is 10.6 Å². The summed E-state index contributed by atoms with van der Waals surface area (Å²) in [5.41, 5.74) is 0.423. The van der Waals surface area contributed by atoms with Crippen LogP contribution in [0.15, 0.2) is 48.5 Å². The van der Waals surface area contributed by atoms with Crippen molar-refractivity contribution in [2.24, 2.45) is 0 Å². The number of phenolic OH excluding ortho intramolecular Hbond substituents is 2. The number of hydrogen-bond donors (Lipinski definition) is 4. The fraction of sp³-hybridized carbons (Fsp3) is 0.286. The molecule has 0 heterocycles. The number of esters is 1. The average Bonchev–Trinajstić information content (AvgIpc) is 2.74. The second-order valence-corrected chi connectivity index (χ2v) is 6.34. The minimum atomic E-state index is -0.793. The Kier molecular flexibility index (Phi) is 8.02. The Morgan fingerprint density at radius 1 is 0.966 bits per heavy atom. The molecule has 29 heavy (non-hydrogen) atoms. The molecule has 154 valence electrons. The zero-order valence-electron chi connectivity index (χ0n) is 16.1. The van der Waals surface area contributed by atoms with Gasteiger partial charge in [0.15, 0.2) is 11.5 Å². The minimum Gasteiger partial charge on any atom is -0.504 e. The molecular weight excluding hydrogens is 376 g/mol. The molecule has 0 aliphatic heterocycles. The molecule has 0 saturated heterocycles. The number of benzene rings is 2. The number of carbonyl (C=O) groups is 3. The summed E-state index contributed by atoms with van der Waals surface area (Å²) in [5.74, 6) is -2.26. The smallest absolute Gasteiger partial charge is 0.328 e. The van der Waals surface area contributed by atoms with E-state index in [4.69, 9.17) is 4.74 Å². The molecule has 4 N–H and O–H groups in total. The lowest BCUT2D eigenvalue weighted by atomic mass is 10.1. The Morgan fingerprint density at radius 3 is 2.38 bits per heavy atom. The third-order valence-electron chi connectivity index (χ3n) is 4.29. The maximum Gasteiger partial charge on any atom is 0.328 e. The molecule has 8 heteroatoms. The number of carbonyl (C=O) groups excluding carboxylic acids is 3. The fourth-order valence-electron chi connectivity index (χ4n) is 2.71. The van der Waals surface area contributed by atoms with Gasteiger partial charge in [0, 0.05) is 12.1 Å². The lowest BCUT2D eigenvalue weighted by molar-refractivity contribution is -0.143. The number of phenols is 2. The molecule has 0 aliphatic carbocycles. The van der Waals surface area contributed by atoms with E-state index in [1.165, 1.54) is 25.3 Å². The highest BCUT2D eigenvalue weighted by atomic mass is 16.5. The standard InChI is InChI=1S/C21H24N2O6/c1-29-21(28)16(23-19(26)14-8-3-2-4-9-14)11-5-6-13-22-20(27)15-10-7-12-17(24)18(15)25/h2-4,7-10,12,16,24-25H,5-6,11,13H2,1H3,(H,22,27)(H,23,26)/t16-/m0/s1. The molecule has 0 aromatic heterocycles. The minimum absolute atomic E-state index is 0.0208. The van der Waals surface area contributed by atoms with E-state index in [1.54, 1.807) is 30.3 Å². The Labute approximate surface area is 168 Å². The number of aromatic hydroxyl groups is 2. The van der Waals surface area contributed by atoms with Gasteiger partial charge in [-0.1, -0.05) is 24.3 Å². The molecule has 0 unspecified atom stereocenters. The van der Waals surface area contributed by atoms with E-state index >= 15 is 0 Å². The normalized spacial score (nSPS) is 11.3. The number of ether oxygens (including phenoxy) is 1. The van der Waals surface area contributed by atoms with Gasteiger partial charge in [0.05, 0.1) is 12.7 Å². The predicted molar refractivity (Wildman–Crippen MR) is 106 cm³/mol. The Morgan fingerprint density at radius 2 is 1.69 bits per heavy atom. The van der Waals surface area contributed by atoms with E-state index in [0.29, 0.717) is 31.4 Å². The average molecular weight is 400 g/mol. The molecule has 1 atom stereocenters. The first-order chi connectivity index (χ1) is 13.9. The van der Waals surface area contributed by atoms with Gasteiger partial charge in [-0.05, 0) is 43.5 Å². The van der Waals surface area contributed by atoms with Crippen LogP contribution in [0.1, 0.15) is 40.0 Å². The molecule has 2 rings (SSSR count). The van der Waals surface area contributed by atoms with E-state index in [-0.39, 0.29) is 17.2 Å². The molecule has 0 fully saturated rings. The van der Waals surface area contributed by atoms with Crippen LogP contribution >= 0.6 is 0 Å². The summed E-state index contributed by atoms with van der Waals surface area (Å²) in [4.78, 5) is 36.3. The first kappa shape index (κ1) is 21.7. The highest BCUT2D eigenvalue weighted by Crippen LogP contribution is 2.27. The van der Waals surface area contributed by atoms with Crippen molar-refractivity contribution in [2.75, 3.05) is 13.7 Å². The highest BCUT2D eigenvalue weighted by molar-refractivity contribution is 5.97.